The van der Waals surface area contributed by atoms with E-state index in [9.17, 15) is 0 Å². The van der Waals surface area contributed by atoms with Crippen LogP contribution >= 0.6 is 0 Å². The van der Waals surface area contributed by atoms with Crippen LogP contribution in [0.2, 0.25) is 6.04 Å². The summed E-state index contributed by atoms with van der Waals surface area (Å²) in [7, 11) is -0.679. The van der Waals surface area contributed by atoms with E-state index in [1.807, 2.05) is 6.92 Å². The summed E-state index contributed by atoms with van der Waals surface area (Å²) in [6, 6.07) is 12.9. The van der Waals surface area contributed by atoms with E-state index < -0.39 is 9.04 Å². The zero-order chi connectivity index (χ0) is 12.3. The summed E-state index contributed by atoms with van der Waals surface area (Å²) in [5.74, 6) is 0. The first kappa shape index (κ1) is 14.4. The molecule has 2 nitrogen and oxygen atoms in total. The highest BCUT2D eigenvalue weighted by Gasteiger charge is 2.11. The third-order valence-corrected chi connectivity index (χ3v) is 4.79. The molecular formula is C14H23O2Si. The maximum atomic E-state index is 5.96. The fraction of sp³-hybridized carbons (Fsp3) is 0.571. The van der Waals surface area contributed by atoms with Crippen LogP contribution in [0.5, 0.6) is 0 Å². The molecule has 0 aliphatic rings. The van der Waals surface area contributed by atoms with Gasteiger partial charge in [0.1, 0.15) is 0 Å². The largest absolute Gasteiger partial charge is 0.416 e. The quantitative estimate of drug-likeness (QED) is 0.495. The number of benzene rings is 1. The van der Waals surface area contributed by atoms with Crippen molar-refractivity contribution in [1.29, 1.82) is 0 Å². The van der Waals surface area contributed by atoms with E-state index in [4.69, 9.17) is 9.16 Å². The minimum Gasteiger partial charge on any atom is -0.416 e. The van der Waals surface area contributed by atoms with Crippen LogP contribution in [0.4, 0.5) is 0 Å². The topological polar surface area (TPSA) is 18.5 Å². The average Bonchev–Trinajstić information content (AvgIpc) is 2.38. The van der Waals surface area contributed by atoms with Gasteiger partial charge in [-0.25, -0.2) is 0 Å². The SMILES string of the molecule is CCOCCCO[Si](CC)Cc1ccccc1. The van der Waals surface area contributed by atoms with Crippen molar-refractivity contribution in [1.82, 2.24) is 0 Å². The molecule has 0 amide bonds. The van der Waals surface area contributed by atoms with Crippen molar-refractivity contribution < 1.29 is 9.16 Å². The van der Waals surface area contributed by atoms with Gasteiger partial charge in [-0.15, -0.1) is 0 Å². The molecule has 1 radical (unpaired) electrons. The Hall–Kier alpha value is -0.643. The Morgan fingerprint density at radius 1 is 1.06 bits per heavy atom. The van der Waals surface area contributed by atoms with E-state index in [1.54, 1.807) is 0 Å². The Bertz CT molecular complexity index is 277. The molecule has 0 aliphatic heterocycles. The lowest BCUT2D eigenvalue weighted by molar-refractivity contribution is 0.130. The van der Waals surface area contributed by atoms with Gasteiger partial charge in [0, 0.05) is 19.8 Å². The zero-order valence-corrected chi connectivity index (χ0v) is 11.9. The van der Waals surface area contributed by atoms with Crippen molar-refractivity contribution in [3.8, 4) is 0 Å². The lowest BCUT2D eigenvalue weighted by Gasteiger charge is -2.13. The Morgan fingerprint density at radius 2 is 1.82 bits per heavy atom. The summed E-state index contributed by atoms with van der Waals surface area (Å²) >= 11 is 0. The summed E-state index contributed by atoms with van der Waals surface area (Å²) in [6.07, 6.45) is 1.01. The predicted molar refractivity (Wildman–Crippen MR) is 73.4 cm³/mol. The maximum Gasteiger partial charge on any atom is 0.215 e. The monoisotopic (exact) mass is 251 g/mol. The second-order valence-electron chi connectivity index (χ2n) is 3.95. The van der Waals surface area contributed by atoms with Crippen LogP contribution in [0.3, 0.4) is 0 Å². The van der Waals surface area contributed by atoms with Crippen molar-refractivity contribution in [2.24, 2.45) is 0 Å². The van der Waals surface area contributed by atoms with Crippen molar-refractivity contribution in [3.63, 3.8) is 0 Å². The van der Waals surface area contributed by atoms with E-state index in [2.05, 4.69) is 37.3 Å². The third kappa shape index (κ3) is 6.61. The van der Waals surface area contributed by atoms with Crippen LogP contribution < -0.4 is 0 Å². The second-order valence-corrected chi connectivity index (χ2v) is 6.38. The van der Waals surface area contributed by atoms with E-state index >= 15 is 0 Å². The molecule has 0 bridgehead atoms. The van der Waals surface area contributed by atoms with Gasteiger partial charge in [0.15, 0.2) is 0 Å². The molecule has 1 rings (SSSR count). The van der Waals surface area contributed by atoms with Gasteiger partial charge in [-0.05, 0) is 31.0 Å². The molecule has 0 saturated heterocycles. The van der Waals surface area contributed by atoms with Gasteiger partial charge in [0.25, 0.3) is 0 Å². The summed E-state index contributed by atoms with van der Waals surface area (Å²) in [6.45, 7) is 6.71. The molecule has 0 saturated carbocycles. The molecule has 0 heterocycles. The van der Waals surface area contributed by atoms with Crippen molar-refractivity contribution in [3.05, 3.63) is 35.9 Å². The van der Waals surface area contributed by atoms with Crippen LogP contribution in [-0.2, 0) is 15.2 Å². The summed E-state index contributed by atoms with van der Waals surface area (Å²) in [4.78, 5) is 0. The van der Waals surface area contributed by atoms with Crippen LogP contribution in [0.1, 0.15) is 25.8 Å². The lowest BCUT2D eigenvalue weighted by Crippen LogP contribution is -2.21. The number of ether oxygens (including phenoxy) is 1. The molecule has 0 spiro atoms. The van der Waals surface area contributed by atoms with Gasteiger partial charge in [0.2, 0.25) is 9.04 Å². The molecule has 1 aromatic rings. The Balaban J connectivity index is 2.20. The van der Waals surface area contributed by atoms with Crippen molar-refractivity contribution >= 4 is 9.04 Å². The van der Waals surface area contributed by atoms with Gasteiger partial charge in [-0.1, -0.05) is 37.3 Å². The smallest absolute Gasteiger partial charge is 0.215 e. The van der Waals surface area contributed by atoms with Gasteiger partial charge in [-0.2, -0.15) is 0 Å². The molecule has 0 atom stereocenters. The highest BCUT2D eigenvalue weighted by Crippen LogP contribution is 2.06. The summed E-state index contributed by atoms with van der Waals surface area (Å²) in [5.41, 5.74) is 1.40. The first-order valence-corrected chi connectivity index (χ1v) is 8.28. The van der Waals surface area contributed by atoms with Crippen LogP contribution in [-0.4, -0.2) is 28.9 Å². The first-order valence-electron chi connectivity index (χ1n) is 6.46. The molecule has 0 N–H and O–H groups in total. The Kier molecular flexibility index (Phi) is 7.97. The van der Waals surface area contributed by atoms with E-state index in [-0.39, 0.29) is 0 Å². The molecule has 0 fully saturated rings. The van der Waals surface area contributed by atoms with Gasteiger partial charge in [0.05, 0.1) is 0 Å². The van der Waals surface area contributed by atoms with Gasteiger partial charge >= 0.3 is 0 Å². The normalized spacial score (nSPS) is 11.0. The molecule has 0 aliphatic carbocycles. The first-order chi connectivity index (χ1) is 8.36. The molecule has 0 aromatic heterocycles. The third-order valence-electron chi connectivity index (χ3n) is 2.58. The molecule has 17 heavy (non-hydrogen) atoms. The lowest BCUT2D eigenvalue weighted by atomic mass is 10.2. The van der Waals surface area contributed by atoms with Crippen molar-refractivity contribution in [2.45, 2.75) is 32.4 Å². The molecular weight excluding hydrogens is 228 g/mol. The van der Waals surface area contributed by atoms with Crippen molar-refractivity contribution in [2.75, 3.05) is 19.8 Å². The fourth-order valence-corrected chi connectivity index (χ4v) is 3.30. The average molecular weight is 251 g/mol. The summed E-state index contributed by atoms with van der Waals surface area (Å²) < 4.78 is 11.3. The molecule has 3 heteroatoms. The van der Waals surface area contributed by atoms with Gasteiger partial charge < -0.3 is 9.16 Å². The number of hydrogen-bond acceptors (Lipinski definition) is 2. The van der Waals surface area contributed by atoms with Gasteiger partial charge in [-0.3, -0.25) is 0 Å². The maximum absolute atomic E-state index is 5.96. The molecule has 95 valence electrons. The zero-order valence-electron chi connectivity index (χ0n) is 10.9. The number of hydrogen-bond donors (Lipinski definition) is 0. The fourth-order valence-electron chi connectivity index (χ4n) is 1.62. The van der Waals surface area contributed by atoms with E-state index in [1.165, 1.54) is 5.56 Å². The van der Waals surface area contributed by atoms with E-state index in [0.717, 1.165) is 38.3 Å². The Labute approximate surface area is 107 Å². The summed E-state index contributed by atoms with van der Waals surface area (Å²) in [5, 5.41) is 0. The number of rotatable bonds is 9. The minimum absolute atomic E-state index is 0.679. The highest BCUT2D eigenvalue weighted by molar-refractivity contribution is 6.51. The van der Waals surface area contributed by atoms with Crippen LogP contribution in [0, 0.1) is 0 Å². The van der Waals surface area contributed by atoms with Crippen LogP contribution in [0.25, 0.3) is 0 Å². The minimum atomic E-state index is -0.679. The highest BCUT2D eigenvalue weighted by atomic mass is 28.3. The second kappa shape index (κ2) is 9.39. The Morgan fingerprint density at radius 3 is 2.47 bits per heavy atom. The predicted octanol–water partition coefficient (Wildman–Crippen LogP) is 3.22. The standard InChI is InChI=1S/C14H23O2Si/c1-3-15-11-8-12-16-17(4-2)13-14-9-6-5-7-10-14/h5-7,9-10H,3-4,8,11-13H2,1-2H3. The molecule has 0 unspecified atom stereocenters. The molecule has 1 aromatic carbocycles. The van der Waals surface area contributed by atoms with E-state index in [0.29, 0.717) is 0 Å². The van der Waals surface area contributed by atoms with Crippen LogP contribution in [0.15, 0.2) is 30.3 Å².